The first kappa shape index (κ1) is 11.4. The molecule has 1 aliphatic heterocycles. The second-order valence-corrected chi connectivity index (χ2v) is 5.31. The fraction of sp³-hybridized carbons (Fsp3) is 1.00. The van der Waals surface area contributed by atoms with Crippen LogP contribution in [0.1, 0.15) is 58.3 Å². The maximum atomic E-state index is 6.24. The fourth-order valence-electron chi connectivity index (χ4n) is 3.46. The Morgan fingerprint density at radius 3 is 2.60 bits per heavy atom. The lowest BCUT2D eigenvalue weighted by atomic mass is 10.0. The van der Waals surface area contributed by atoms with Crippen LogP contribution in [-0.2, 0) is 0 Å². The zero-order valence-corrected chi connectivity index (χ0v) is 10.1. The third-order valence-corrected chi connectivity index (χ3v) is 4.35. The van der Waals surface area contributed by atoms with Gasteiger partial charge < -0.3 is 5.73 Å². The molecule has 2 rings (SSSR count). The number of nitrogens with zero attached hydrogens (tertiary/aromatic N) is 1. The number of nitrogens with two attached hydrogens (primary N) is 1. The van der Waals surface area contributed by atoms with Gasteiger partial charge in [-0.05, 0) is 38.6 Å². The van der Waals surface area contributed by atoms with E-state index in [-0.39, 0.29) is 0 Å². The van der Waals surface area contributed by atoms with E-state index in [0.717, 1.165) is 6.04 Å². The van der Waals surface area contributed by atoms with Gasteiger partial charge in [0, 0.05) is 18.1 Å². The molecule has 15 heavy (non-hydrogen) atoms. The molecule has 2 N–H and O–H groups in total. The molecular weight excluding hydrogens is 184 g/mol. The van der Waals surface area contributed by atoms with Crippen molar-refractivity contribution in [3.05, 3.63) is 0 Å². The molecule has 3 unspecified atom stereocenters. The second kappa shape index (κ2) is 5.31. The summed E-state index contributed by atoms with van der Waals surface area (Å²) in [6.07, 6.45) is 10.9. The first-order valence-electron chi connectivity index (χ1n) is 6.84. The summed E-state index contributed by atoms with van der Waals surface area (Å²) in [4.78, 5) is 2.75. The number of hydrogen-bond donors (Lipinski definition) is 1. The second-order valence-electron chi connectivity index (χ2n) is 5.31. The summed E-state index contributed by atoms with van der Waals surface area (Å²) in [5.74, 6) is 0. The van der Waals surface area contributed by atoms with Crippen LogP contribution in [0.4, 0.5) is 0 Å². The third-order valence-electron chi connectivity index (χ3n) is 4.35. The minimum atomic E-state index is 0.456. The Morgan fingerprint density at radius 2 is 1.93 bits per heavy atom. The van der Waals surface area contributed by atoms with Gasteiger partial charge in [-0.3, -0.25) is 4.90 Å². The van der Waals surface area contributed by atoms with E-state index in [1.54, 1.807) is 0 Å². The van der Waals surface area contributed by atoms with Crippen molar-refractivity contribution in [3.63, 3.8) is 0 Å². The summed E-state index contributed by atoms with van der Waals surface area (Å²) in [6.45, 7) is 3.64. The van der Waals surface area contributed by atoms with Gasteiger partial charge in [0.1, 0.15) is 0 Å². The number of hydrogen-bond acceptors (Lipinski definition) is 2. The Labute approximate surface area is 94.2 Å². The molecule has 2 fully saturated rings. The van der Waals surface area contributed by atoms with Crippen molar-refractivity contribution in [3.8, 4) is 0 Å². The quantitative estimate of drug-likeness (QED) is 0.759. The zero-order chi connectivity index (χ0) is 10.7. The van der Waals surface area contributed by atoms with E-state index in [1.165, 1.54) is 57.9 Å². The van der Waals surface area contributed by atoms with Crippen LogP contribution in [0.2, 0.25) is 0 Å². The predicted molar refractivity (Wildman–Crippen MR) is 64.9 cm³/mol. The molecule has 2 aliphatic rings. The van der Waals surface area contributed by atoms with Gasteiger partial charge in [-0.2, -0.15) is 0 Å². The first-order valence-corrected chi connectivity index (χ1v) is 6.84. The van der Waals surface area contributed by atoms with Crippen LogP contribution < -0.4 is 5.73 Å². The van der Waals surface area contributed by atoms with Crippen molar-refractivity contribution >= 4 is 0 Å². The predicted octanol–water partition coefficient (Wildman–Crippen LogP) is 2.52. The third kappa shape index (κ3) is 2.54. The topological polar surface area (TPSA) is 29.3 Å². The van der Waals surface area contributed by atoms with E-state index in [9.17, 15) is 0 Å². The monoisotopic (exact) mass is 210 g/mol. The highest BCUT2D eigenvalue weighted by atomic mass is 15.2. The molecule has 0 radical (unpaired) electrons. The van der Waals surface area contributed by atoms with Crippen molar-refractivity contribution in [1.29, 1.82) is 0 Å². The molecule has 0 aromatic rings. The van der Waals surface area contributed by atoms with E-state index in [0.29, 0.717) is 12.1 Å². The lowest BCUT2D eigenvalue weighted by Crippen LogP contribution is -2.49. The first-order chi connectivity index (χ1) is 7.33. The van der Waals surface area contributed by atoms with Gasteiger partial charge in [0.2, 0.25) is 0 Å². The normalized spacial score (nSPS) is 39.2. The molecule has 0 amide bonds. The SMILES string of the molecule is CCC1CCCCCN1C1CCCC1N. The zero-order valence-electron chi connectivity index (χ0n) is 10.1. The Balaban J connectivity index is 2.02. The van der Waals surface area contributed by atoms with Crippen LogP contribution in [0.15, 0.2) is 0 Å². The lowest BCUT2D eigenvalue weighted by molar-refractivity contribution is 0.124. The average Bonchev–Trinajstić information content (AvgIpc) is 2.54. The van der Waals surface area contributed by atoms with E-state index >= 15 is 0 Å². The summed E-state index contributed by atoms with van der Waals surface area (Å²) in [6, 6.07) is 1.98. The van der Waals surface area contributed by atoms with Gasteiger partial charge in [-0.1, -0.05) is 26.2 Å². The average molecular weight is 210 g/mol. The van der Waals surface area contributed by atoms with Crippen molar-refractivity contribution in [1.82, 2.24) is 4.90 Å². The van der Waals surface area contributed by atoms with E-state index in [2.05, 4.69) is 11.8 Å². The molecule has 1 saturated carbocycles. The molecule has 0 spiro atoms. The van der Waals surface area contributed by atoms with E-state index in [4.69, 9.17) is 5.73 Å². The van der Waals surface area contributed by atoms with Crippen LogP contribution in [0.3, 0.4) is 0 Å². The standard InChI is InChI=1S/C13H26N2/c1-2-11-7-4-3-5-10-15(11)13-9-6-8-12(13)14/h11-13H,2-10,14H2,1H3. The van der Waals surface area contributed by atoms with Crippen molar-refractivity contribution < 1.29 is 0 Å². The summed E-state index contributed by atoms with van der Waals surface area (Å²) in [5.41, 5.74) is 6.24. The number of rotatable bonds is 2. The van der Waals surface area contributed by atoms with Gasteiger partial charge in [0.15, 0.2) is 0 Å². The summed E-state index contributed by atoms with van der Waals surface area (Å²) >= 11 is 0. The van der Waals surface area contributed by atoms with E-state index in [1.807, 2.05) is 0 Å². The summed E-state index contributed by atoms with van der Waals surface area (Å²) in [7, 11) is 0. The molecule has 1 aliphatic carbocycles. The highest BCUT2D eigenvalue weighted by molar-refractivity contribution is 4.91. The van der Waals surface area contributed by atoms with Crippen LogP contribution in [0, 0.1) is 0 Å². The van der Waals surface area contributed by atoms with E-state index < -0.39 is 0 Å². The van der Waals surface area contributed by atoms with Crippen molar-refractivity contribution in [2.24, 2.45) is 5.73 Å². The minimum absolute atomic E-state index is 0.456. The molecule has 0 aromatic carbocycles. The molecule has 88 valence electrons. The van der Waals surface area contributed by atoms with Gasteiger partial charge in [-0.25, -0.2) is 0 Å². The lowest BCUT2D eigenvalue weighted by Gasteiger charge is -2.36. The Kier molecular flexibility index (Phi) is 4.04. The molecule has 0 aromatic heterocycles. The van der Waals surface area contributed by atoms with Crippen LogP contribution in [0.5, 0.6) is 0 Å². The van der Waals surface area contributed by atoms with Gasteiger partial charge in [0.25, 0.3) is 0 Å². The highest BCUT2D eigenvalue weighted by Gasteiger charge is 2.33. The molecule has 1 saturated heterocycles. The smallest absolute Gasteiger partial charge is 0.0250 e. The molecule has 2 heteroatoms. The van der Waals surface area contributed by atoms with Crippen LogP contribution in [0.25, 0.3) is 0 Å². The van der Waals surface area contributed by atoms with Gasteiger partial charge in [-0.15, -0.1) is 0 Å². The molecule has 2 nitrogen and oxygen atoms in total. The molecule has 1 heterocycles. The molecule has 3 atom stereocenters. The minimum Gasteiger partial charge on any atom is -0.326 e. The molecule has 0 bridgehead atoms. The summed E-state index contributed by atoms with van der Waals surface area (Å²) in [5, 5.41) is 0. The largest absolute Gasteiger partial charge is 0.326 e. The Hall–Kier alpha value is -0.0800. The number of likely N-dealkylation sites (tertiary alicyclic amines) is 1. The fourth-order valence-corrected chi connectivity index (χ4v) is 3.46. The maximum absolute atomic E-state index is 6.24. The van der Waals surface area contributed by atoms with Gasteiger partial charge in [0.05, 0.1) is 0 Å². The highest BCUT2D eigenvalue weighted by Crippen LogP contribution is 2.29. The Morgan fingerprint density at radius 1 is 1.07 bits per heavy atom. The Bertz CT molecular complexity index is 193. The maximum Gasteiger partial charge on any atom is 0.0250 e. The van der Waals surface area contributed by atoms with Crippen molar-refractivity contribution in [2.45, 2.75) is 76.4 Å². The van der Waals surface area contributed by atoms with Crippen molar-refractivity contribution in [2.75, 3.05) is 6.54 Å². The van der Waals surface area contributed by atoms with Gasteiger partial charge >= 0.3 is 0 Å². The van der Waals surface area contributed by atoms with Crippen LogP contribution >= 0.6 is 0 Å². The molecular formula is C13H26N2. The van der Waals surface area contributed by atoms with Crippen LogP contribution in [-0.4, -0.2) is 29.6 Å². The summed E-state index contributed by atoms with van der Waals surface area (Å²) < 4.78 is 0.